The third kappa shape index (κ3) is 1.98. The zero-order valence-electron chi connectivity index (χ0n) is 9.75. The highest BCUT2D eigenvalue weighted by atomic mass is 16.2. The van der Waals surface area contributed by atoms with Gasteiger partial charge < -0.3 is 10.6 Å². The van der Waals surface area contributed by atoms with Gasteiger partial charge in [-0.25, -0.2) is 0 Å². The molecule has 0 spiro atoms. The van der Waals surface area contributed by atoms with Crippen LogP contribution in [0.3, 0.4) is 0 Å². The predicted octanol–water partition coefficient (Wildman–Crippen LogP) is 0.899. The van der Waals surface area contributed by atoms with Gasteiger partial charge >= 0.3 is 0 Å². The lowest BCUT2D eigenvalue weighted by Gasteiger charge is -2.26. The number of rotatable bonds is 4. The van der Waals surface area contributed by atoms with E-state index in [1.165, 1.54) is 0 Å². The third-order valence-electron chi connectivity index (χ3n) is 3.55. The van der Waals surface area contributed by atoms with Crippen LogP contribution >= 0.6 is 0 Å². The Morgan fingerprint density at radius 2 is 2.20 bits per heavy atom. The first-order chi connectivity index (χ1) is 6.96. The molecule has 0 saturated carbocycles. The van der Waals surface area contributed by atoms with Gasteiger partial charge in [0.15, 0.2) is 0 Å². The molecule has 86 valence electrons. The van der Waals surface area contributed by atoms with E-state index in [0.29, 0.717) is 13.0 Å². The highest BCUT2D eigenvalue weighted by molar-refractivity contribution is 5.90. The molecule has 2 N–H and O–H groups in total. The Kier molecular flexibility index (Phi) is 3.37. The van der Waals surface area contributed by atoms with Gasteiger partial charge in [0.1, 0.15) is 6.04 Å². The molecule has 4 heteroatoms. The van der Waals surface area contributed by atoms with Crippen LogP contribution in [-0.2, 0) is 9.59 Å². The smallest absolute Gasteiger partial charge is 0.240 e. The second-order valence-corrected chi connectivity index (χ2v) is 4.49. The second kappa shape index (κ2) is 4.21. The number of hydrogen-bond acceptors (Lipinski definition) is 2. The monoisotopic (exact) mass is 212 g/mol. The fourth-order valence-corrected chi connectivity index (χ4v) is 2.12. The van der Waals surface area contributed by atoms with E-state index in [4.69, 9.17) is 5.73 Å². The van der Waals surface area contributed by atoms with Crippen molar-refractivity contribution in [3.05, 3.63) is 0 Å². The molecule has 0 aromatic rings. The summed E-state index contributed by atoms with van der Waals surface area (Å²) in [6.07, 6.45) is 2.24. The van der Waals surface area contributed by atoms with Crippen LogP contribution < -0.4 is 5.73 Å². The van der Waals surface area contributed by atoms with Crippen LogP contribution in [0.25, 0.3) is 0 Å². The predicted molar refractivity (Wildman–Crippen MR) is 58.0 cm³/mol. The summed E-state index contributed by atoms with van der Waals surface area (Å²) in [4.78, 5) is 24.9. The molecular formula is C11H20N2O2. The van der Waals surface area contributed by atoms with E-state index in [9.17, 15) is 9.59 Å². The van der Waals surface area contributed by atoms with Crippen LogP contribution in [0.15, 0.2) is 0 Å². The summed E-state index contributed by atoms with van der Waals surface area (Å²) >= 11 is 0. The first-order valence-electron chi connectivity index (χ1n) is 5.56. The summed E-state index contributed by atoms with van der Waals surface area (Å²) in [5, 5.41) is 0. The molecule has 4 nitrogen and oxygen atoms in total. The minimum atomic E-state index is -0.425. The molecule has 1 saturated heterocycles. The lowest BCUT2D eigenvalue weighted by Crippen LogP contribution is -2.46. The largest absolute Gasteiger partial charge is 0.368 e. The van der Waals surface area contributed by atoms with Gasteiger partial charge in [-0.2, -0.15) is 0 Å². The van der Waals surface area contributed by atoms with Crippen LogP contribution in [0, 0.1) is 5.41 Å². The van der Waals surface area contributed by atoms with Crippen molar-refractivity contribution >= 4 is 11.8 Å². The number of hydrogen-bond donors (Lipinski definition) is 1. The first-order valence-corrected chi connectivity index (χ1v) is 5.56. The van der Waals surface area contributed by atoms with Crippen LogP contribution in [0.4, 0.5) is 0 Å². The number of nitrogens with two attached hydrogens (primary N) is 1. The van der Waals surface area contributed by atoms with Gasteiger partial charge in [0.25, 0.3) is 0 Å². The van der Waals surface area contributed by atoms with Gasteiger partial charge in [0, 0.05) is 12.0 Å². The summed E-state index contributed by atoms with van der Waals surface area (Å²) in [6, 6.07) is -0.425. The minimum Gasteiger partial charge on any atom is -0.368 e. The van der Waals surface area contributed by atoms with E-state index in [2.05, 4.69) is 0 Å². The van der Waals surface area contributed by atoms with E-state index >= 15 is 0 Å². The zero-order valence-corrected chi connectivity index (χ0v) is 9.75. The summed E-state index contributed by atoms with van der Waals surface area (Å²) < 4.78 is 0. The van der Waals surface area contributed by atoms with Gasteiger partial charge in [-0.1, -0.05) is 20.8 Å². The van der Waals surface area contributed by atoms with E-state index in [-0.39, 0.29) is 11.3 Å². The Balaban J connectivity index is 2.83. The number of carbonyl (C=O) groups excluding carboxylic acids is 2. The van der Waals surface area contributed by atoms with Gasteiger partial charge in [0.2, 0.25) is 11.8 Å². The average Bonchev–Trinajstić information content (AvgIpc) is 2.48. The fourth-order valence-electron chi connectivity index (χ4n) is 2.12. The lowest BCUT2D eigenvalue weighted by molar-refractivity contribution is -0.141. The number of likely N-dealkylation sites (tertiary alicyclic amines) is 1. The van der Waals surface area contributed by atoms with Crippen LogP contribution in [0.2, 0.25) is 0 Å². The van der Waals surface area contributed by atoms with Crippen molar-refractivity contribution in [1.82, 2.24) is 4.90 Å². The van der Waals surface area contributed by atoms with E-state index in [0.717, 1.165) is 12.8 Å². The molecule has 0 aliphatic carbocycles. The van der Waals surface area contributed by atoms with Crippen molar-refractivity contribution in [3.8, 4) is 0 Å². The van der Waals surface area contributed by atoms with Gasteiger partial charge in [0.05, 0.1) is 0 Å². The standard InChI is InChI=1S/C11H20N2O2/c1-4-8(9(12)14)13-7-6-11(3,5-2)10(13)15/h8H,4-7H2,1-3H3,(H2,12,14)/t8-,11-/m0/s1. The van der Waals surface area contributed by atoms with E-state index < -0.39 is 11.9 Å². The molecule has 15 heavy (non-hydrogen) atoms. The molecule has 0 aromatic carbocycles. The Hall–Kier alpha value is -1.06. The SMILES string of the molecule is CC[C@@H](C(N)=O)N1CC[C@](C)(CC)C1=O. The van der Waals surface area contributed by atoms with Crippen molar-refractivity contribution in [1.29, 1.82) is 0 Å². The molecule has 1 aliphatic heterocycles. The number of carbonyl (C=O) groups is 2. The van der Waals surface area contributed by atoms with Crippen molar-refractivity contribution in [2.24, 2.45) is 11.1 Å². The highest BCUT2D eigenvalue weighted by Gasteiger charge is 2.44. The van der Waals surface area contributed by atoms with E-state index in [1.54, 1.807) is 4.90 Å². The second-order valence-electron chi connectivity index (χ2n) is 4.49. The highest BCUT2D eigenvalue weighted by Crippen LogP contribution is 2.35. The molecule has 0 unspecified atom stereocenters. The maximum absolute atomic E-state index is 12.1. The third-order valence-corrected chi connectivity index (χ3v) is 3.55. The molecule has 2 atom stereocenters. The maximum atomic E-state index is 12.1. The fraction of sp³-hybridized carbons (Fsp3) is 0.818. The quantitative estimate of drug-likeness (QED) is 0.752. The van der Waals surface area contributed by atoms with Crippen molar-refractivity contribution in [2.45, 2.75) is 46.1 Å². The molecule has 0 radical (unpaired) electrons. The normalized spacial score (nSPS) is 28.2. The van der Waals surface area contributed by atoms with Crippen LogP contribution in [0.5, 0.6) is 0 Å². The Labute approximate surface area is 90.8 Å². The maximum Gasteiger partial charge on any atom is 0.240 e. The van der Waals surface area contributed by atoms with Crippen molar-refractivity contribution in [3.63, 3.8) is 0 Å². The van der Waals surface area contributed by atoms with Gasteiger partial charge in [-0.05, 0) is 19.3 Å². The molecule has 2 amide bonds. The summed E-state index contributed by atoms with van der Waals surface area (Å²) in [5.41, 5.74) is 5.00. The first kappa shape index (κ1) is 12.0. The minimum absolute atomic E-state index is 0.0793. The lowest BCUT2D eigenvalue weighted by atomic mass is 9.86. The number of amides is 2. The average molecular weight is 212 g/mol. The van der Waals surface area contributed by atoms with Gasteiger partial charge in [-0.15, -0.1) is 0 Å². The van der Waals surface area contributed by atoms with Crippen LogP contribution in [-0.4, -0.2) is 29.3 Å². The Bertz CT molecular complexity index is 278. The molecule has 1 heterocycles. The van der Waals surface area contributed by atoms with Crippen molar-refractivity contribution in [2.75, 3.05) is 6.54 Å². The molecule has 0 aromatic heterocycles. The molecule has 1 fully saturated rings. The number of primary amides is 1. The molecular weight excluding hydrogens is 192 g/mol. The van der Waals surface area contributed by atoms with Gasteiger partial charge in [-0.3, -0.25) is 9.59 Å². The van der Waals surface area contributed by atoms with E-state index in [1.807, 2.05) is 20.8 Å². The van der Waals surface area contributed by atoms with Crippen LogP contribution in [0.1, 0.15) is 40.0 Å². The number of nitrogens with zero attached hydrogens (tertiary/aromatic N) is 1. The summed E-state index contributed by atoms with van der Waals surface area (Å²) in [5.74, 6) is -0.318. The van der Waals surface area contributed by atoms with Crippen molar-refractivity contribution < 1.29 is 9.59 Å². The Morgan fingerprint density at radius 1 is 1.60 bits per heavy atom. The molecule has 1 aliphatic rings. The molecule has 0 bridgehead atoms. The Morgan fingerprint density at radius 3 is 2.53 bits per heavy atom. The summed E-state index contributed by atoms with van der Waals surface area (Å²) in [6.45, 7) is 6.50. The summed E-state index contributed by atoms with van der Waals surface area (Å²) in [7, 11) is 0. The topological polar surface area (TPSA) is 63.4 Å². The molecule has 1 rings (SSSR count). The zero-order chi connectivity index (χ0) is 11.6.